The number of aliphatic hydroxyl groups is 3. The van der Waals surface area contributed by atoms with Crippen molar-refractivity contribution in [3.05, 3.63) is 0 Å². The number of carbonyl (C=O) groups excluding carboxylic acids is 2. The molecule has 5 unspecified atom stereocenters. The Morgan fingerprint density at radius 3 is 1.42 bits per heavy atom. The SMILES string of the molecule is CCCCCC(=O)OC1C2C(O)[C@H](O)C(O)C2[C@@H]1OC(=O)CCCCC. The molecule has 3 N–H and O–H groups in total. The van der Waals surface area contributed by atoms with E-state index in [1.807, 2.05) is 13.8 Å². The van der Waals surface area contributed by atoms with Crippen molar-refractivity contribution in [1.82, 2.24) is 0 Å². The highest BCUT2D eigenvalue weighted by atomic mass is 16.6. The Balaban J connectivity index is 1.97. The Morgan fingerprint density at radius 2 is 1.08 bits per heavy atom. The van der Waals surface area contributed by atoms with Gasteiger partial charge in [0.15, 0.2) is 0 Å². The van der Waals surface area contributed by atoms with Crippen molar-refractivity contribution in [2.45, 2.75) is 95.7 Å². The summed E-state index contributed by atoms with van der Waals surface area (Å²) in [5.74, 6) is -2.03. The first-order chi connectivity index (χ1) is 12.4. The van der Waals surface area contributed by atoms with Gasteiger partial charge in [-0.1, -0.05) is 39.5 Å². The minimum atomic E-state index is -1.32. The lowest BCUT2D eigenvalue weighted by Crippen LogP contribution is -2.61. The molecule has 2 aliphatic carbocycles. The molecule has 0 saturated heterocycles. The molecule has 0 bridgehead atoms. The number of unbranched alkanes of at least 4 members (excludes halogenated alkanes) is 4. The molecule has 2 aliphatic rings. The molecule has 0 radical (unpaired) electrons. The standard InChI is InChI=1S/C19H32O7/c1-3-5-7-9-11(20)25-18-13-14(16(23)17(24)15(13)22)19(18)26-12(21)10-8-6-4-2/h13-19,22-24H,3-10H2,1-2H3/t13?,14?,15?,16?,17-,18+,19?/m1/s1. The summed E-state index contributed by atoms with van der Waals surface area (Å²) in [7, 11) is 0. The first-order valence-electron chi connectivity index (χ1n) is 9.85. The molecule has 0 aromatic rings. The van der Waals surface area contributed by atoms with E-state index in [1.165, 1.54) is 0 Å². The van der Waals surface area contributed by atoms with Gasteiger partial charge in [-0.3, -0.25) is 9.59 Å². The van der Waals surface area contributed by atoms with Crippen LogP contribution in [0.1, 0.15) is 65.2 Å². The van der Waals surface area contributed by atoms with Crippen molar-refractivity contribution in [3.8, 4) is 0 Å². The predicted octanol–water partition coefficient (Wildman–Crippen LogP) is 1.31. The van der Waals surface area contributed by atoms with Crippen LogP contribution in [0.4, 0.5) is 0 Å². The molecule has 0 aromatic heterocycles. The van der Waals surface area contributed by atoms with E-state index in [4.69, 9.17) is 9.47 Å². The third kappa shape index (κ3) is 4.56. The second-order valence-electron chi connectivity index (χ2n) is 7.45. The number of aliphatic hydroxyl groups excluding tert-OH is 3. The molecule has 2 rings (SSSR count). The van der Waals surface area contributed by atoms with Crippen LogP contribution in [0.5, 0.6) is 0 Å². The normalized spacial score (nSPS) is 35.5. The van der Waals surface area contributed by atoms with E-state index in [2.05, 4.69) is 0 Å². The van der Waals surface area contributed by atoms with Crippen molar-refractivity contribution < 1.29 is 34.4 Å². The molecule has 26 heavy (non-hydrogen) atoms. The van der Waals surface area contributed by atoms with Gasteiger partial charge >= 0.3 is 11.9 Å². The van der Waals surface area contributed by atoms with Gasteiger partial charge in [0.05, 0.1) is 12.2 Å². The molecule has 2 fully saturated rings. The summed E-state index contributed by atoms with van der Waals surface area (Å²) >= 11 is 0. The summed E-state index contributed by atoms with van der Waals surface area (Å²) in [5.41, 5.74) is 0. The first kappa shape index (κ1) is 21.1. The van der Waals surface area contributed by atoms with Gasteiger partial charge in [-0.15, -0.1) is 0 Å². The molecule has 2 saturated carbocycles. The monoisotopic (exact) mass is 372 g/mol. The summed E-state index contributed by atoms with van der Waals surface area (Å²) in [4.78, 5) is 24.1. The molecule has 0 aromatic carbocycles. The highest BCUT2D eigenvalue weighted by molar-refractivity contribution is 5.71. The van der Waals surface area contributed by atoms with Gasteiger partial charge in [0.2, 0.25) is 0 Å². The van der Waals surface area contributed by atoms with Crippen molar-refractivity contribution in [2.75, 3.05) is 0 Å². The Bertz CT molecular complexity index is 439. The fourth-order valence-electron chi connectivity index (χ4n) is 3.98. The van der Waals surface area contributed by atoms with E-state index < -0.39 is 54.3 Å². The second-order valence-corrected chi connectivity index (χ2v) is 7.45. The topological polar surface area (TPSA) is 113 Å². The molecular formula is C19H32O7. The maximum atomic E-state index is 12.1. The highest BCUT2D eigenvalue weighted by Gasteiger charge is 2.67. The minimum absolute atomic E-state index is 0.264. The number of esters is 2. The van der Waals surface area contributed by atoms with Crippen molar-refractivity contribution >= 4 is 11.9 Å². The molecule has 150 valence electrons. The number of hydrogen-bond acceptors (Lipinski definition) is 7. The van der Waals surface area contributed by atoms with Gasteiger partial charge in [-0.2, -0.15) is 0 Å². The van der Waals surface area contributed by atoms with E-state index in [-0.39, 0.29) is 12.8 Å². The summed E-state index contributed by atoms with van der Waals surface area (Å²) in [5, 5.41) is 30.2. The maximum Gasteiger partial charge on any atom is 0.306 e. The van der Waals surface area contributed by atoms with E-state index >= 15 is 0 Å². The first-order valence-corrected chi connectivity index (χ1v) is 9.85. The minimum Gasteiger partial charge on any atom is -0.458 e. The van der Waals surface area contributed by atoms with Crippen LogP contribution in [-0.2, 0) is 19.1 Å². The Morgan fingerprint density at radius 1 is 0.692 bits per heavy atom. The molecule has 0 amide bonds. The number of fused-ring (bicyclic) bond motifs is 1. The summed E-state index contributed by atoms with van der Waals surface area (Å²) in [6, 6.07) is 0. The molecule has 0 aliphatic heterocycles. The Hall–Kier alpha value is -1.18. The largest absolute Gasteiger partial charge is 0.458 e. The van der Waals surface area contributed by atoms with Crippen LogP contribution >= 0.6 is 0 Å². The van der Waals surface area contributed by atoms with Crippen molar-refractivity contribution in [3.63, 3.8) is 0 Å². The molecule has 0 heterocycles. The number of carbonyl (C=O) groups is 2. The smallest absolute Gasteiger partial charge is 0.306 e. The van der Waals surface area contributed by atoms with E-state index in [0.717, 1.165) is 25.7 Å². The number of rotatable bonds is 10. The van der Waals surface area contributed by atoms with Gasteiger partial charge < -0.3 is 24.8 Å². The van der Waals surface area contributed by atoms with Gasteiger partial charge in [-0.25, -0.2) is 0 Å². The summed E-state index contributed by atoms with van der Waals surface area (Å²) in [6.45, 7) is 4.07. The zero-order chi connectivity index (χ0) is 19.3. The van der Waals surface area contributed by atoms with Gasteiger partial charge in [0, 0.05) is 24.7 Å². The van der Waals surface area contributed by atoms with Crippen molar-refractivity contribution in [1.29, 1.82) is 0 Å². The maximum absolute atomic E-state index is 12.1. The Kier molecular flexibility index (Phi) is 7.85. The molecule has 0 spiro atoms. The van der Waals surface area contributed by atoms with Crippen LogP contribution in [0, 0.1) is 11.8 Å². The lowest BCUT2D eigenvalue weighted by molar-refractivity contribution is -0.223. The zero-order valence-electron chi connectivity index (χ0n) is 15.7. The van der Waals surface area contributed by atoms with E-state index in [1.54, 1.807) is 0 Å². The summed E-state index contributed by atoms with van der Waals surface area (Å²) < 4.78 is 10.9. The number of hydrogen-bond donors (Lipinski definition) is 3. The van der Waals surface area contributed by atoms with Gasteiger partial charge in [0.1, 0.15) is 18.3 Å². The second kappa shape index (κ2) is 9.67. The third-order valence-electron chi connectivity index (χ3n) is 5.52. The highest BCUT2D eigenvalue weighted by Crippen LogP contribution is 2.50. The van der Waals surface area contributed by atoms with Crippen LogP contribution < -0.4 is 0 Å². The van der Waals surface area contributed by atoms with E-state index in [0.29, 0.717) is 12.8 Å². The lowest BCUT2D eigenvalue weighted by atomic mass is 9.68. The van der Waals surface area contributed by atoms with Gasteiger partial charge in [-0.05, 0) is 12.8 Å². The average molecular weight is 372 g/mol. The predicted molar refractivity (Wildman–Crippen MR) is 93.0 cm³/mol. The van der Waals surface area contributed by atoms with Crippen LogP contribution in [-0.4, -0.2) is 57.8 Å². The Labute approximate surface area is 154 Å². The quantitative estimate of drug-likeness (QED) is 0.391. The van der Waals surface area contributed by atoms with E-state index in [9.17, 15) is 24.9 Å². The third-order valence-corrected chi connectivity index (χ3v) is 5.52. The zero-order valence-corrected chi connectivity index (χ0v) is 15.7. The average Bonchev–Trinajstić information content (AvgIpc) is 2.79. The molecule has 7 nitrogen and oxygen atoms in total. The molecule has 7 atom stereocenters. The lowest BCUT2D eigenvalue weighted by Gasteiger charge is -2.47. The fraction of sp³-hybridized carbons (Fsp3) is 0.895. The molecule has 7 heteroatoms. The van der Waals surface area contributed by atoms with Crippen LogP contribution in [0.2, 0.25) is 0 Å². The van der Waals surface area contributed by atoms with Crippen LogP contribution in [0.25, 0.3) is 0 Å². The number of ether oxygens (including phenoxy) is 2. The fourth-order valence-corrected chi connectivity index (χ4v) is 3.98. The summed E-state index contributed by atoms with van der Waals surface area (Å²) in [6.07, 6.45) is 0.414. The van der Waals surface area contributed by atoms with Crippen molar-refractivity contribution in [2.24, 2.45) is 11.8 Å². The van der Waals surface area contributed by atoms with Gasteiger partial charge in [0.25, 0.3) is 0 Å². The van der Waals surface area contributed by atoms with Crippen LogP contribution in [0.15, 0.2) is 0 Å². The molecular weight excluding hydrogens is 340 g/mol. The van der Waals surface area contributed by atoms with Crippen LogP contribution in [0.3, 0.4) is 0 Å².